The molecule has 20 heavy (non-hydrogen) atoms. The molecule has 1 fully saturated rings. The number of carbonyl (C=O) groups is 1. The van der Waals surface area contributed by atoms with Gasteiger partial charge in [0.15, 0.2) is 0 Å². The van der Waals surface area contributed by atoms with E-state index in [1.165, 1.54) is 6.42 Å². The summed E-state index contributed by atoms with van der Waals surface area (Å²) in [6, 6.07) is 5.63. The van der Waals surface area contributed by atoms with Gasteiger partial charge in [-0.15, -0.1) is 0 Å². The van der Waals surface area contributed by atoms with Crippen LogP contribution in [-0.4, -0.2) is 36.5 Å². The number of anilines is 1. The maximum absolute atomic E-state index is 12.3. The number of halogens is 1. The number of likely N-dealkylation sites (tertiary alicyclic amines) is 1. The topological polar surface area (TPSA) is 58.4 Å². The summed E-state index contributed by atoms with van der Waals surface area (Å²) in [7, 11) is 0. The molecular formula is C15H22BrN3O. The summed E-state index contributed by atoms with van der Waals surface area (Å²) in [5.74, 6) is -0.0715. The highest BCUT2D eigenvalue weighted by molar-refractivity contribution is 9.10. The molecule has 5 heteroatoms. The SMILES string of the molecule is CCCN1CCC(NC(=O)c2cc(Br)ccc2N)CC1. The zero-order valence-corrected chi connectivity index (χ0v) is 13.4. The molecule has 0 aromatic heterocycles. The highest BCUT2D eigenvalue weighted by Crippen LogP contribution is 2.19. The number of nitrogens with two attached hydrogens (primary N) is 1. The van der Waals surface area contributed by atoms with Crippen LogP contribution in [0.3, 0.4) is 0 Å². The van der Waals surface area contributed by atoms with Gasteiger partial charge in [0, 0.05) is 29.3 Å². The summed E-state index contributed by atoms with van der Waals surface area (Å²) < 4.78 is 0.870. The van der Waals surface area contributed by atoms with Crippen LogP contribution in [0.25, 0.3) is 0 Å². The second-order valence-electron chi connectivity index (χ2n) is 5.32. The zero-order chi connectivity index (χ0) is 14.5. The Kier molecular flexibility index (Phi) is 5.43. The van der Waals surface area contributed by atoms with Crippen LogP contribution in [0.4, 0.5) is 5.69 Å². The Hall–Kier alpha value is -1.07. The van der Waals surface area contributed by atoms with Crippen LogP contribution in [0, 0.1) is 0 Å². The van der Waals surface area contributed by atoms with Gasteiger partial charge in [-0.25, -0.2) is 0 Å². The molecule has 1 aromatic rings. The molecule has 0 bridgehead atoms. The van der Waals surface area contributed by atoms with E-state index in [1.54, 1.807) is 12.1 Å². The third-order valence-electron chi connectivity index (χ3n) is 3.72. The van der Waals surface area contributed by atoms with Crippen LogP contribution < -0.4 is 11.1 Å². The van der Waals surface area contributed by atoms with E-state index >= 15 is 0 Å². The first kappa shape index (κ1) is 15.3. The second kappa shape index (κ2) is 7.09. The lowest BCUT2D eigenvalue weighted by Gasteiger charge is -2.32. The standard InChI is InChI=1S/C15H22BrN3O/c1-2-7-19-8-5-12(6-9-19)18-15(20)13-10-11(16)3-4-14(13)17/h3-4,10,12H,2,5-9,17H2,1H3,(H,18,20). The van der Waals surface area contributed by atoms with E-state index in [1.807, 2.05) is 6.07 Å². The van der Waals surface area contributed by atoms with E-state index in [9.17, 15) is 4.79 Å². The highest BCUT2D eigenvalue weighted by Gasteiger charge is 2.21. The molecule has 0 unspecified atom stereocenters. The van der Waals surface area contributed by atoms with Gasteiger partial charge in [0.1, 0.15) is 0 Å². The van der Waals surface area contributed by atoms with Gasteiger partial charge >= 0.3 is 0 Å². The van der Waals surface area contributed by atoms with Crippen molar-refractivity contribution in [3.8, 4) is 0 Å². The minimum Gasteiger partial charge on any atom is -0.398 e. The normalized spacial score (nSPS) is 17.1. The van der Waals surface area contributed by atoms with Gasteiger partial charge in [-0.05, 0) is 44.0 Å². The Balaban J connectivity index is 1.91. The number of nitrogens with one attached hydrogen (secondary N) is 1. The van der Waals surface area contributed by atoms with Crippen molar-refractivity contribution < 1.29 is 4.79 Å². The summed E-state index contributed by atoms with van der Waals surface area (Å²) in [6.45, 7) is 5.47. The number of benzene rings is 1. The molecule has 0 aliphatic carbocycles. The Morgan fingerprint density at radius 3 is 2.80 bits per heavy atom. The molecule has 1 amide bonds. The minimum absolute atomic E-state index is 0.0715. The zero-order valence-electron chi connectivity index (χ0n) is 11.9. The number of carbonyl (C=O) groups excluding carboxylic acids is 1. The van der Waals surface area contributed by atoms with Crippen molar-refractivity contribution in [3.05, 3.63) is 28.2 Å². The number of hydrogen-bond donors (Lipinski definition) is 2. The van der Waals surface area contributed by atoms with E-state index in [4.69, 9.17) is 5.73 Å². The Morgan fingerprint density at radius 2 is 2.15 bits per heavy atom. The summed E-state index contributed by atoms with van der Waals surface area (Å²) in [6.07, 6.45) is 3.21. The van der Waals surface area contributed by atoms with E-state index in [-0.39, 0.29) is 11.9 Å². The number of rotatable bonds is 4. The third kappa shape index (κ3) is 3.96. The van der Waals surface area contributed by atoms with Crippen LogP contribution in [0.15, 0.2) is 22.7 Å². The number of nitrogens with zero attached hydrogens (tertiary/aromatic N) is 1. The molecule has 1 aromatic carbocycles. The fourth-order valence-corrected chi connectivity index (χ4v) is 2.97. The predicted octanol–water partition coefficient (Wildman–Crippen LogP) is 2.64. The van der Waals surface area contributed by atoms with Crippen LogP contribution in [0.1, 0.15) is 36.5 Å². The molecule has 4 nitrogen and oxygen atoms in total. The van der Waals surface area contributed by atoms with Gasteiger partial charge in [0.25, 0.3) is 5.91 Å². The molecule has 0 spiro atoms. The lowest BCUT2D eigenvalue weighted by molar-refractivity contribution is 0.0912. The third-order valence-corrected chi connectivity index (χ3v) is 4.22. The molecule has 0 radical (unpaired) electrons. The van der Waals surface area contributed by atoms with Gasteiger partial charge < -0.3 is 16.0 Å². The minimum atomic E-state index is -0.0715. The van der Waals surface area contributed by atoms with Crippen molar-refractivity contribution in [1.29, 1.82) is 0 Å². The number of piperidine rings is 1. The van der Waals surface area contributed by atoms with Crippen molar-refractivity contribution in [3.63, 3.8) is 0 Å². The number of nitrogen functional groups attached to an aromatic ring is 1. The molecule has 1 heterocycles. The largest absolute Gasteiger partial charge is 0.398 e. The lowest BCUT2D eigenvalue weighted by atomic mass is 10.0. The van der Waals surface area contributed by atoms with Gasteiger partial charge in [0.2, 0.25) is 0 Å². The quantitative estimate of drug-likeness (QED) is 0.829. The van der Waals surface area contributed by atoms with Crippen molar-refractivity contribution >= 4 is 27.5 Å². The van der Waals surface area contributed by atoms with Crippen molar-refractivity contribution in [2.45, 2.75) is 32.2 Å². The monoisotopic (exact) mass is 339 g/mol. The van der Waals surface area contributed by atoms with Gasteiger partial charge in [-0.3, -0.25) is 4.79 Å². The first-order chi connectivity index (χ1) is 9.60. The van der Waals surface area contributed by atoms with Crippen LogP contribution >= 0.6 is 15.9 Å². The smallest absolute Gasteiger partial charge is 0.253 e. The van der Waals surface area contributed by atoms with Crippen molar-refractivity contribution in [1.82, 2.24) is 10.2 Å². The molecule has 0 saturated carbocycles. The average Bonchev–Trinajstić information content (AvgIpc) is 2.44. The highest BCUT2D eigenvalue weighted by atomic mass is 79.9. The lowest BCUT2D eigenvalue weighted by Crippen LogP contribution is -2.44. The van der Waals surface area contributed by atoms with Crippen molar-refractivity contribution in [2.75, 3.05) is 25.4 Å². The molecule has 3 N–H and O–H groups in total. The molecule has 0 atom stereocenters. The van der Waals surface area contributed by atoms with Gasteiger partial charge in [0.05, 0.1) is 5.56 Å². The van der Waals surface area contributed by atoms with Gasteiger partial charge in [-0.1, -0.05) is 22.9 Å². The molecule has 1 aliphatic rings. The first-order valence-electron chi connectivity index (χ1n) is 7.18. The maximum Gasteiger partial charge on any atom is 0.253 e. The fourth-order valence-electron chi connectivity index (χ4n) is 2.61. The Bertz CT molecular complexity index is 470. The Morgan fingerprint density at radius 1 is 1.45 bits per heavy atom. The maximum atomic E-state index is 12.3. The molecule has 1 aliphatic heterocycles. The number of amides is 1. The predicted molar refractivity (Wildman–Crippen MR) is 85.8 cm³/mol. The molecule has 1 saturated heterocycles. The summed E-state index contributed by atoms with van der Waals surface area (Å²) in [5, 5.41) is 3.10. The van der Waals surface area contributed by atoms with Crippen molar-refractivity contribution in [2.24, 2.45) is 0 Å². The average molecular weight is 340 g/mol. The van der Waals surface area contributed by atoms with Crippen LogP contribution in [-0.2, 0) is 0 Å². The molecule has 2 rings (SSSR count). The van der Waals surface area contributed by atoms with E-state index in [2.05, 4.69) is 33.1 Å². The first-order valence-corrected chi connectivity index (χ1v) is 7.97. The summed E-state index contributed by atoms with van der Waals surface area (Å²) in [5.41, 5.74) is 6.94. The second-order valence-corrected chi connectivity index (χ2v) is 6.24. The van der Waals surface area contributed by atoms with E-state index < -0.39 is 0 Å². The van der Waals surface area contributed by atoms with Crippen LogP contribution in [0.2, 0.25) is 0 Å². The van der Waals surface area contributed by atoms with E-state index in [0.717, 1.165) is 36.9 Å². The Labute approximate surface area is 128 Å². The van der Waals surface area contributed by atoms with Gasteiger partial charge in [-0.2, -0.15) is 0 Å². The fraction of sp³-hybridized carbons (Fsp3) is 0.533. The van der Waals surface area contributed by atoms with Crippen LogP contribution in [0.5, 0.6) is 0 Å². The molecule has 110 valence electrons. The summed E-state index contributed by atoms with van der Waals surface area (Å²) >= 11 is 3.37. The van der Waals surface area contributed by atoms with E-state index in [0.29, 0.717) is 11.3 Å². The molecular weight excluding hydrogens is 318 g/mol. The number of hydrogen-bond acceptors (Lipinski definition) is 3. The summed E-state index contributed by atoms with van der Waals surface area (Å²) in [4.78, 5) is 14.7.